The monoisotopic (exact) mass is 419 g/mol. The lowest BCUT2D eigenvalue weighted by Gasteiger charge is -2.18. The highest BCUT2D eigenvalue weighted by Crippen LogP contribution is 2.42. The highest BCUT2D eigenvalue weighted by Gasteiger charge is 2.27. The first-order chi connectivity index (χ1) is 15.0. The molecular formula is C25H25NO5. The molecule has 160 valence electrons. The third kappa shape index (κ3) is 4.68. The van der Waals surface area contributed by atoms with E-state index in [0.29, 0.717) is 23.3 Å². The van der Waals surface area contributed by atoms with Gasteiger partial charge in [0.2, 0.25) is 5.75 Å². The van der Waals surface area contributed by atoms with Crippen molar-refractivity contribution in [3.8, 4) is 16.9 Å². The predicted octanol–water partition coefficient (Wildman–Crippen LogP) is 5.84. The molecule has 1 aliphatic carbocycles. The molecule has 0 aromatic heterocycles. The normalized spacial score (nSPS) is 14.0. The molecule has 0 heterocycles. The Morgan fingerprint density at radius 1 is 1.06 bits per heavy atom. The van der Waals surface area contributed by atoms with Crippen LogP contribution < -0.4 is 4.74 Å². The smallest absolute Gasteiger partial charge is 0.311 e. The Labute approximate surface area is 180 Å². The Morgan fingerprint density at radius 2 is 1.81 bits per heavy atom. The number of hydrogen-bond acceptors (Lipinski definition) is 5. The second kappa shape index (κ2) is 9.16. The minimum Gasteiger partial charge on any atom is -0.483 e. The zero-order valence-electron chi connectivity index (χ0n) is 17.5. The Morgan fingerprint density at radius 3 is 2.52 bits per heavy atom. The molecule has 0 aliphatic heterocycles. The number of esters is 1. The van der Waals surface area contributed by atoms with E-state index in [0.717, 1.165) is 42.0 Å². The van der Waals surface area contributed by atoms with Gasteiger partial charge >= 0.3 is 11.7 Å². The lowest BCUT2D eigenvalue weighted by molar-refractivity contribution is -0.386. The third-order valence-electron chi connectivity index (χ3n) is 5.82. The summed E-state index contributed by atoms with van der Waals surface area (Å²) in [6, 6.07) is 17.4. The van der Waals surface area contributed by atoms with E-state index in [1.165, 1.54) is 13.2 Å². The van der Waals surface area contributed by atoms with Crippen molar-refractivity contribution in [2.75, 3.05) is 7.11 Å². The largest absolute Gasteiger partial charge is 0.483 e. The first-order valence-electron chi connectivity index (χ1n) is 10.6. The standard InChI is InChI=1S/C25H25NO5/c1-30-24(27)13-10-17-14-22(20-12-11-18-6-2-3-7-19(18)16-20)25(23(15-17)26(28)29)31-21-8-4-5-9-21/h2-3,6-7,11-12,14-16,21H,4-5,8-10,13H2,1H3. The Kier molecular flexibility index (Phi) is 6.16. The lowest BCUT2D eigenvalue weighted by atomic mass is 9.96. The lowest BCUT2D eigenvalue weighted by Crippen LogP contribution is -2.13. The minimum atomic E-state index is -0.392. The summed E-state index contributed by atoms with van der Waals surface area (Å²) in [5.41, 5.74) is 2.19. The van der Waals surface area contributed by atoms with Crippen LogP contribution in [0.5, 0.6) is 5.75 Å². The van der Waals surface area contributed by atoms with Crippen LogP contribution in [0, 0.1) is 10.1 Å². The van der Waals surface area contributed by atoms with Gasteiger partial charge in [0.1, 0.15) is 0 Å². The molecule has 3 aromatic rings. The highest BCUT2D eigenvalue weighted by molar-refractivity contribution is 5.89. The fourth-order valence-corrected chi connectivity index (χ4v) is 4.17. The average Bonchev–Trinajstić information content (AvgIpc) is 3.30. The molecule has 1 aliphatic rings. The fourth-order valence-electron chi connectivity index (χ4n) is 4.17. The average molecular weight is 419 g/mol. The van der Waals surface area contributed by atoms with Crippen LogP contribution in [-0.2, 0) is 16.0 Å². The molecule has 0 amide bonds. The van der Waals surface area contributed by atoms with Crippen molar-refractivity contribution in [3.63, 3.8) is 0 Å². The summed E-state index contributed by atoms with van der Waals surface area (Å²) >= 11 is 0. The number of methoxy groups -OCH3 is 1. The van der Waals surface area contributed by atoms with Gasteiger partial charge in [-0.25, -0.2) is 0 Å². The molecule has 0 N–H and O–H groups in total. The molecule has 0 atom stereocenters. The molecule has 0 saturated heterocycles. The number of nitro benzene ring substituents is 1. The summed E-state index contributed by atoms with van der Waals surface area (Å²) in [4.78, 5) is 23.2. The molecule has 31 heavy (non-hydrogen) atoms. The first-order valence-corrected chi connectivity index (χ1v) is 10.6. The maximum atomic E-state index is 12.0. The van der Waals surface area contributed by atoms with E-state index in [2.05, 4.69) is 0 Å². The van der Waals surface area contributed by atoms with Gasteiger partial charge in [0.05, 0.1) is 18.1 Å². The number of ether oxygens (including phenoxy) is 2. The van der Waals surface area contributed by atoms with Gasteiger partial charge in [-0.1, -0.05) is 36.4 Å². The van der Waals surface area contributed by atoms with Gasteiger partial charge in [0.25, 0.3) is 0 Å². The second-order valence-electron chi connectivity index (χ2n) is 7.91. The van der Waals surface area contributed by atoms with E-state index in [9.17, 15) is 14.9 Å². The van der Waals surface area contributed by atoms with Gasteiger partial charge in [-0.05, 0) is 66.1 Å². The van der Waals surface area contributed by atoms with Crippen LogP contribution in [0.4, 0.5) is 5.69 Å². The fraction of sp³-hybridized carbons (Fsp3) is 0.320. The topological polar surface area (TPSA) is 78.7 Å². The Balaban J connectivity index is 1.83. The van der Waals surface area contributed by atoms with Crippen LogP contribution in [-0.4, -0.2) is 24.1 Å². The van der Waals surface area contributed by atoms with Crippen LogP contribution in [0.25, 0.3) is 21.9 Å². The van der Waals surface area contributed by atoms with E-state index in [4.69, 9.17) is 9.47 Å². The molecular weight excluding hydrogens is 394 g/mol. The van der Waals surface area contributed by atoms with Crippen LogP contribution >= 0.6 is 0 Å². The van der Waals surface area contributed by atoms with Crippen molar-refractivity contribution in [2.24, 2.45) is 0 Å². The quantitative estimate of drug-likeness (QED) is 0.273. The van der Waals surface area contributed by atoms with E-state index >= 15 is 0 Å². The molecule has 3 aromatic carbocycles. The molecule has 1 fully saturated rings. The van der Waals surface area contributed by atoms with Crippen molar-refractivity contribution < 1.29 is 19.2 Å². The van der Waals surface area contributed by atoms with E-state index < -0.39 is 4.92 Å². The molecule has 0 bridgehead atoms. The number of nitro groups is 1. The summed E-state index contributed by atoms with van der Waals surface area (Å²) in [6.07, 6.45) is 4.45. The van der Waals surface area contributed by atoms with Gasteiger partial charge in [-0.2, -0.15) is 0 Å². The van der Waals surface area contributed by atoms with Crippen molar-refractivity contribution in [3.05, 3.63) is 70.3 Å². The van der Waals surface area contributed by atoms with E-state index in [-0.39, 0.29) is 24.2 Å². The molecule has 6 heteroatoms. The molecule has 1 saturated carbocycles. The maximum Gasteiger partial charge on any atom is 0.311 e. The molecule has 0 radical (unpaired) electrons. The zero-order valence-corrected chi connectivity index (χ0v) is 17.5. The number of fused-ring (bicyclic) bond motifs is 1. The van der Waals surface area contributed by atoms with Gasteiger partial charge in [-0.15, -0.1) is 0 Å². The molecule has 6 nitrogen and oxygen atoms in total. The Bertz CT molecular complexity index is 1120. The SMILES string of the molecule is COC(=O)CCc1cc(-c2ccc3ccccc3c2)c(OC2CCCC2)c([N+](=O)[O-])c1. The van der Waals surface area contributed by atoms with Crippen LogP contribution in [0.15, 0.2) is 54.6 Å². The van der Waals surface area contributed by atoms with Crippen LogP contribution in [0.2, 0.25) is 0 Å². The minimum absolute atomic E-state index is 0.0150. The van der Waals surface area contributed by atoms with Crippen LogP contribution in [0.3, 0.4) is 0 Å². The van der Waals surface area contributed by atoms with Gasteiger partial charge < -0.3 is 9.47 Å². The van der Waals surface area contributed by atoms with Crippen molar-refractivity contribution in [2.45, 2.75) is 44.6 Å². The van der Waals surface area contributed by atoms with Gasteiger partial charge in [0, 0.05) is 18.1 Å². The predicted molar refractivity (Wildman–Crippen MR) is 119 cm³/mol. The second-order valence-corrected chi connectivity index (χ2v) is 7.91. The van der Waals surface area contributed by atoms with Crippen molar-refractivity contribution >= 4 is 22.4 Å². The summed E-state index contributed by atoms with van der Waals surface area (Å²) in [5, 5.41) is 14.1. The third-order valence-corrected chi connectivity index (χ3v) is 5.82. The summed E-state index contributed by atoms with van der Waals surface area (Å²) in [7, 11) is 1.34. The zero-order chi connectivity index (χ0) is 21.8. The molecule has 0 unspecified atom stereocenters. The number of carbonyl (C=O) groups excluding carboxylic acids is 1. The van der Waals surface area contributed by atoms with E-state index in [1.54, 1.807) is 0 Å². The van der Waals surface area contributed by atoms with Crippen molar-refractivity contribution in [1.82, 2.24) is 0 Å². The van der Waals surface area contributed by atoms with E-state index in [1.807, 2.05) is 48.5 Å². The highest BCUT2D eigenvalue weighted by atomic mass is 16.6. The van der Waals surface area contributed by atoms with Gasteiger partial charge in [-0.3, -0.25) is 14.9 Å². The van der Waals surface area contributed by atoms with Crippen LogP contribution in [0.1, 0.15) is 37.7 Å². The maximum absolute atomic E-state index is 12.0. The number of hydrogen-bond donors (Lipinski definition) is 0. The first kappa shape index (κ1) is 20.8. The summed E-state index contributed by atoms with van der Waals surface area (Å²) in [5.74, 6) is -0.0322. The summed E-state index contributed by atoms with van der Waals surface area (Å²) < 4.78 is 11.0. The molecule has 4 rings (SSSR count). The molecule has 0 spiro atoms. The number of rotatable bonds is 7. The number of carbonyl (C=O) groups is 1. The Hall–Kier alpha value is -3.41. The number of aryl methyl sites for hydroxylation is 1. The number of nitrogens with zero attached hydrogens (tertiary/aromatic N) is 1. The van der Waals surface area contributed by atoms with Crippen molar-refractivity contribution in [1.29, 1.82) is 0 Å². The van der Waals surface area contributed by atoms with Gasteiger partial charge in [0.15, 0.2) is 0 Å². The number of benzene rings is 3. The summed E-state index contributed by atoms with van der Waals surface area (Å²) in [6.45, 7) is 0.